The van der Waals surface area contributed by atoms with Crippen LogP contribution in [0.4, 0.5) is 0 Å². The van der Waals surface area contributed by atoms with E-state index in [0.717, 1.165) is 11.3 Å². The fourth-order valence-electron chi connectivity index (χ4n) is 1.52. The molecule has 0 saturated heterocycles. The van der Waals surface area contributed by atoms with Gasteiger partial charge in [0.1, 0.15) is 6.04 Å². The van der Waals surface area contributed by atoms with E-state index >= 15 is 0 Å². The topological polar surface area (TPSA) is 100.0 Å². The number of esters is 1. The Bertz CT molecular complexity index is 454. The molecule has 7 heteroatoms. The van der Waals surface area contributed by atoms with Crippen LogP contribution in [0.25, 0.3) is 10.4 Å². The molecule has 1 N–H and O–H groups in total. The first-order valence-electron chi connectivity index (χ1n) is 6.02. The second-order valence-corrected chi connectivity index (χ2v) is 3.83. The van der Waals surface area contributed by atoms with Crippen LogP contribution in [0.3, 0.4) is 0 Å². The van der Waals surface area contributed by atoms with Crippen LogP contribution in [0.2, 0.25) is 0 Å². The molecule has 0 aromatic carbocycles. The van der Waals surface area contributed by atoms with E-state index in [0.29, 0.717) is 13.2 Å². The Morgan fingerprint density at radius 1 is 1.63 bits per heavy atom. The lowest BCUT2D eigenvalue weighted by Gasteiger charge is -2.16. The van der Waals surface area contributed by atoms with Crippen molar-refractivity contribution in [2.75, 3.05) is 19.7 Å². The SMILES string of the molecule is CCOC(=O)C(NCCN=[N+]=[N-])c1ccc(C)nc1. The second-order valence-electron chi connectivity index (χ2n) is 3.83. The van der Waals surface area contributed by atoms with Gasteiger partial charge in [-0.25, -0.2) is 4.79 Å². The fraction of sp³-hybridized carbons (Fsp3) is 0.500. The van der Waals surface area contributed by atoms with E-state index in [9.17, 15) is 4.79 Å². The average molecular weight is 263 g/mol. The molecule has 0 aliphatic heterocycles. The Balaban J connectivity index is 2.76. The van der Waals surface area contributed by atoms with Gasteiger partial charge < -0.3 is 10.1 Å². The number of aryl methyl sites for hydroxylation is 1. The van der Waals surface area contributed by atoms with Gasteiger partial charge >= 0.3 is 5.97 Å². The first-order chi connectivity index (χ1) is 9.19. The molecule has 1 heterocycles. The van der Waals surface area contributed by atoms with Crippen molar-refractivity contribution in [1.29, 1.82) is 0 Å². The maximum absolute atomic E-state index is 11.9. The van der Waals surface area contributed by atoms with Gasteiger partial charge in [0.05, 0.1) is 6.61 Å². The molecule has 7 nitrogen and oxygen atoms in total. The van der Waals surface area contributed by atoms with Crippen molar-refractivity contribution in [2.45, 2.75) is 19.9 Å². The highest BCUT2D eigenvalue weighted by atomic mass is 16.5. The summed E-state index contributed by atoms with van der Waals surface area (Å²) in [7, 11) is 0. The summed E-state index contributed by atoms with van der Waals surface area (Å²) in [5, 5.41) is 6.40. The number of nitrogens with one attached hydrogen (secondary N) is 1. The van der Waals surface area contributed by atoms with E-state index < -0.39 is 6.04 Å². The van der Waals surface area contributed by atoms with Crippen LogP contribution in [0.15, 0.2) is 23.4 Å². The minimum absolute atomic E-state index is 0.270. The first-order valence-corrected chi connectivity index (χ1v) is 6.02. The molecular weight excluding hydrogens is 246 g/mol. The molecule has 0 saturated carbocycles. The predicted molar refractivity (Wildman–Crippen MR) is 70.4 cm³/mol. The molecule has 19 heavy (non-hydrogen) atoms. The lowest BCUT2D eigenvalue weighted by molar-refractivity contribution is -0.145. The summed E-state index contributed by atoms with van der Waals surface area (Å²) >= 11 is 0. The van der Waals surface area contributed by atoms with Crippen LogP contribution in [0.5, 0.6) is 0 Å². The number of pyridine rings is 1. The van der Waals surface area contributed by atoms with Gasteiger partial charge in [0, 0.05) is 29.9 Å². The molecule has 0 aliphatic carbocycles. The summed E-state index contributed by atoms with van der Waals surface area (Å²) in [4.78, 5) is 18.7. The number of hydrogen-bond donors (Lipinski definition) is 1. The van der Waals surface area contributed by atoms with E-state index in [-0.39, 0.29) is 12.5 Å². The quantitative estimate of drug-likeness (QED) is 0.267. The smallest absolute Gasteiger partial charge is 0.327 e. The van der Waals surface area contributed by atoms with Gasteiger partial charge in [-0.3, -0.25) is 4.98 Å². The van der Waals surface area contributed by atoms with Gasteiger partial charge in [-0.2, -0.15) is 0 Å². The van der Waals surface area contributed by atoms with Crippen molar-refractivity contribution in [3.63, 3.8) is 0 Å². The predicted octanol–water partition coefficient (Wildman–Crippen LogP) is 1.89. The fourth-order valence-corrected chi connectivity index (χ4v) is 1.52. The van der Waals surface area contributed by atoms with Crippen molar-refractivity contribution in [3.05, 3.63) is 40.0 Å². The molecule has 0 radical (unpaired) electrons. The number of aromatic nitrogens is 1. The maximum atomic E-state index is 11.9. The van der Waals surface area contributed by atoms with Crippen molar-refractivity contribution >= 4 is 5.97 Å². The number of carbonyl (C=O) groups excluding carboxylic acids is 1. The maximum Gasteiger partial charge on any atom is 0.327 e. The van der Waals surface area contributed by atoms with Crippen LogP contribution >= 0.6 is 0 Å². The van der Waals surface area contributed by atoms with Crippen LogP contribution in [0.1, 0.15) is 24.2 Å². The monoisotopic (exact) mass is 263 g/mol. The number of azide groups is 1. The molecule has 102 valence electrons. The second kappa shape index (κ2) is 8.07. The first kappa shape index (κ1) is 14.9. The van der Waals surface area contributed by atoms with Crippen LogP contribution in [-0.4, -0.2) is 30.6 Å². The molecular formula is C12H17N5O2. The summed E-state index contributed by atoms with van der Waals surface area (Å²) in [5.74, 6) is -0.367. The zero-order valence-corrected chi connectivity index (χ0v) is 11.0. The van der Waals surface area contributed by atoms with E-state index in [2.05, 4.69) is 20.3 Å². The van der Waals surface area contributed by atoms with Gasteiger partial charge in [-0.15, -0.1) is 0 Å². The van der Waals surface area contributed by atoms with Crippen LogP contribution in [-0.2, 0) is 9.53 Å². The lowest BCUT2D eigenvalue weighted by Crippen LogP contribution is -2.32. The average Bonchev–Trinajstić information content (AvgIpc) is 2.40. The van der Waals surface area contributed by atoms with Crippen molar-refractivity contribution < 1.29 is 9.53 Å². The molecule has 1 unspecified atom stereocenters. The zero-order chi connectivity index (χ0) is 14.1. The van der Waals surface area contributed by atoms with E-state index in [1.807, 2.05) is 19.1 Å². The highest BCUT2D eigenvalue weighted by Crippen LogP contribution is 2.14. The van der Waals surface area contributed by atoms with E-state index in [1.54, 1.807) is 13.1 Å². The molecule has 1 rings (SSSR count). The van der Waals surface area contributed by atoms with Crippen molar-refractivity contribution in [1.82, 2.24) is 10.3 Å². The van der Waals surface area contributed by atoms with Crippen molar-refractivity contribution in [2.24, 2.45) is 5.11 Å². The molecule has 1 aromatic heterocycles. The normalized spacial score (nSPS) is 11.5. The third kappa shape index (κ3) is 4.95. The summed E-state index contributed by atoms with van der Waals surface area (Å²) in [6.07, 6.45) is 1.64. The Hall–Kier alpha value is -2.11. The molecule has 0 fully saturated rings. The van der Waals surface area contributed by atoms with Gasteiger partial charge in [0.25, 0.3) is 0 Å². The van der Waals surface area contributed by atoms with Gasteiger partial charge in [0.15, 0.2) is 0 Å². The molecule has 0 aliphatic rings. The van der Waals surface area contributed by atoms with Gasteiger partial charge in [-0.05, 0) is 31.0 Å². The number of carbonyl (C=O) groups is 1. The zero-order valence-electron chi connectivity index (χ0n) is 11.0. The third-order valence-corrected chi connectivity index (χ3v) is 2.41. The highest BCUT2D eigenvalue weighted by molar-refractivity contribution is 5.77. The Morgan fingerprint density at radius 2 is 2.42 bits per heavy atom. The highest BCUT2D eigenvalue weighted by Gasteiger charge is 2.21. The number of hydrogen-bond acceptors (Lipinski definition) is 5. The van der Waals surface area contributed by atoms with Gasteiger partial charge in [-0.1, -0.05) is 11.2 Å². The minimum atomic E-state index is -0.595. The summed E-state index contributed by atoms with van der Waals surface area (Å²) in [5.41, 5.74) is 9.80. The Morgan fingerprint density at radius 3 is 3.00 bits per heavy atom. The van der Waals surface area contributed by atoms with Crippen LogP contribution in [0, 0.1) is 6.92 Å². The van der Waals surface area contributed by atoms with Crippen LogP contribution < -0.4 is 5.32 Å². The third-order valence-electron chi connectivity index (χ3n) is 2.41. The van der Waals surface area contributed by atoms with Gasteiger partial charge in [0.2, 0.25) is 0 Å². The summed E-state index contributed by atoms with van der Waals surface area (Å²) in [6, 6.07) is 3.06. The van der Waals surface area contributed by atoms with E-state index in [1.165, 1.54) is 0 Å². The molecule has 0 spiro atoms. The van der Waals surface area contributed by atoms with Crippen molar-refractivity contribution in [3.8, 4) is 0 Å². The molecule has 0 bridgehead atoms. The number of rotatable bonds is 7. The Kier molecular flexibility index (Phi) is 6.35. The largest absolute Gasteiger partial charge is 0.465 e. The standard InChI is InChI=1S/C12H17N5O2/c1-3-19-12(18)11(14-6-7-16-17-13)10-5-4-9(2)15-8-10/h4-5,8,11,14H,3,6-7H2,1-2H3. The number of ether oxygens (including phenoxy) is 1. The number of nitrogens with zero attached hydrogens (tertiary/aromatic N) is 4. The summed E-state index contributed by atoms with van der Waals surface area (Å²) in [6.45, 7) is 4.60. The molecule has 0 amide bonds. The van der Waals surface area contributed by atoms with E-state index in [4.69, 9.17) is 10.3 Å². The minimum Gasteiger partial charge on any atom is -0.465 e. The Labute approximate surface area is 111 Å². The molecule has 1 atom stereocenters. The lowest BCUT2D eigenvalue weighted by atomic mass is 10.1. The molecule has 1 aromatic rings. The summed E-state index contributed by atoms with van der Waals surface area (Å²) < 4.78 is 5.01.